The third kappa shape index (κ3) is 6.03. The maximum atomic E-state index is 12.5. The summed E-state index contributed by atoms with van der Waals surface area (Å²) in [4.78, 5) is 23.1. The van der Waals surface area contributed by atoms with Gasteiger partial charge < -0.3 is 19.3 Å². The lowest BCUT2D eigenvalue weighted by Crippen LogP contribution is -2.10. The molecule has 154 valence electrons. The van der Waals surface area contributed by atoms with Crippen LogP contribution in [0.3, 0.4) is 0 Å². The molecule has 0 unspecified atom stereocenters. The number of alkyl halides is 2. The monoisotopic (exact) mass is 406 g/mol. The first-order valence-electron chi connectivity index (χ1n) is 8.52. The summed E-state index contributed by atoms with van der Waals surface area (Å²) in [5.74, 6) is -0.908. The van der Waals surface area contributed by atoms with Crippen molar-refractivity contribution in [3.63, 3.8) is 0 Å². The summed E-state index contributed by atoms with van der Waals surface area (Å²) in [5.41, 5.74) is 2.02. The second kappa shape index (κ2) is 9.68. The van der Waals surface area contributed by atoms with E-state index in [9.17, 15) is 18.4 Å². The van der Waals surface area contributed by atoms with E-state index in [-0.39, 0.29) is 23.0 Å². The van der Waals surface area contributed by atoms with E-state index in [4.69, 9.17) is 14.6 Å². The molecule has 0 aliphatic rings. The van der Waals surface area contributed by atoms with Crippen molar-refractivity contribution in [2.75, 3.05) is 13.7 Å². The Morgan fingerprint density at radius 1 is 1.10 bits per heavy atom. The standard InChI is InChI=1S/C21H20F2O6/c1-12-8-14(9-13(2)20(12)29-21(22)23)4-6-16(24)15-5-7-17(18(10-15)27-3)28-11-19(25)26/h4-10,21H,11H2,1-3H3,(H,25,26)/b6-4+. The first-order chi connectivity index (χ1) is 13.7. The molecule has 0 saturated carbocycles. The number of allylic oxidation sites excluding steroid dienone is 1. The topological polar surface area (TPSA) is 82.1 Å². The third-order valence-electron chi connectivity index (χ3n) is 3.92. The van der Waals surface area contributed by atoms with Crippen molar-refractivity contribution in [3.8, 4) is 17.2 Å². The van der Waals surface area contributed by atoms with Crippen molar-refractivity contribution in [2.45, 2.75) is 20.5 Å². The van der Waals surface area contributed by atoms with E-state index in [2.05, 4.69) is 4.74 Å². The zero-order chi connectivity index (χ0) is 21.6. The molecule has 1 N–H and O–H groups in total. The Morgan fingerprint density at radius 2 is 1.76 bits per heavy atom. The Balaban J connectivity index is 2.19. The van der Waals surface area contributed by atoms with E-state index in [1.807, 2.05) is 0 Å². The Kier molecular flexibility index (Phi) is 7.30. The number of rotatable bonds is 9. The average Bonchev–Trinajstić information content (AvgIpc) is 2.66. The van der Waals surface area contributed by atoms with E-state index in [1.165, 1.54) is 31.4 Å². The van der Waals surface area contributed by atoms with Gasteiger partial charge in [0.25, 0.3) is 0 Å². The Morgan fingerprint density at radius 3 is 2.31 bits per heavy atom. The van der Waals surface area contributed by atoms with Gasteiger partial charge in [-0.1, -0.05) is 6.08 Å². The second-order valence-corrected chi connectivity index (χ2v) is 6.11. The number of aryl methyl sites for hydroxylation is 2. The zero-order valence-corrected chi connectivity index (χ0v) is 16.1. The van der Waals surface area contributed by atoms with Crippen LogP contribution in [0.5, 0.6) is 17.2 Å². The smallest absolute Gasteiger partial charge is 0.387 e. The molecule has 0 aliphatic carbocycles. The highest BCUT2D eigenvalue weighted by Crippen LogP contribution is 2.29. The lowest BCUT2D eigenvalue weighted by Gasteiger charge is -2.12. The minimum absolute atomic E-state index is 0.116. The number of aliphatic carboxylic acids is 1. The first-order valence-corrected chi connectivity index (χ1v) is 8.52. The van der Waals surface area contributed by atoms with Crippen LogP contribution in [0.4, 0.5) is 8.78 Å². The van der Waals surface area contributed by atoms with Crippen LogP contribution in [0.25, 0.3) is 6.08 Å². The van der Waals surface area contributed by atoms with E-state index in [0.717, 1.165) is 0 Å². The van der Waals surface area contributed by atoms with Crippen LogP contribution in [-0.4, -0.2) is 37.2 Å². The van der Waals surface area contributed by atoms with Gasteiger partial charge in [-0.05, 0) is 66.9 Å². The molecule has 2 rings (SSSR count). The van der Waals surface area contributed by atoms with Crippen LogP contribution in [-0.2, 0) is 4.79 Å². The molecule has 0 aliphatic heterocycles. The number of methoxy groups -OCH3 is 1. The fraction of sp³-hybridized carbons (Fsp3) is 0.238. The normalized spacial score (nSPS) is 11.0. The fourth-order valence-corrected chi connectivity index (χ4v) is 2.70. The number of ether oxygens (including phenoxy) is 3. The highest BCUT2D eigenvalue weighted by atomic mass is 19.3. The van der Waals surface area contributed by atoms with Gasteiger partial charge in [0.05, 0.1) is 7.11 Å². The predicted octanol–water partition coefficient (Wildman–Crippen LogP) is 4.27. The lowest BCUT2D eigenvalue weighted by atomic mass is 10.0. The number of ketones is 1. The summed E-state index contributed by atoms with van der Waals surface area (Å²) in [6.07, 6.45) is 2.91. The molecule has 8 heteroatoms. The minimum Gasteiger partial charge on any atom is -0.493 e. The van der Waals surface area contributed by atoms with Crippen molar-refractivity contribution in [1.82, 2.24) is 0 Å². The number of carbonyl (C=O) groups is 2. The maximum Gasteiger partial charge on any atom is 0.387 e. The van der Waals surface area contributed by atoms with Gasteiger partial charge in [-0.3, -0.25) is 4.79 Å². The van der Waals surface area contributed by atoms with Crippen molar-refractivity contribution >= 4 is 17.8 Å². The van der Waals surface area contributed by atoms with Crippen LogP contribution < -0.4 is 14.2 Å². The van der Waals surface area contributed by atoms with E-state index >= 15 is 0 Å². The summed E-state index contributed by atoms with van der Waals surface area (Å²) < 4.78 is 39.7. The number of benzene rings is 2. The number of hydrogen-bond acceptors (Lipinski definition) is 5. The second-order valence-electron chi connectivity index (χ2n) is 6.11. The van der Waals surface area contributed by atoms with Gasteiger partial charge in [0, 0.05) is 5.56 Å². The van der Waals surface area contributed by atoms with Crippen molar-refractivity contribution in [2.24, 2.45) is 0 Å². The van der Waals surface area contributed by atoms with Gasteiger partial charge >= 0.3 is 12.6 Å². The van der Waals surface area contributed by atoms with Gasteiger partial charge in [-0.15, -0.1) is 0 Å². The van der Waals surface area contributed by atoms with Gasteiger partial charge in [0.2, 0.25) is 0 Å². The molecule has 0 fully saturated rings. The van der Waals surface area contributed by atoms with Crippen molar-refractivity contribution in [3.05, 3.63) is 58.7 Å². The van der Waals surface area contributed by atoms with Crippen LogP contribution in [0, 0.1) is 13.8 Å². The molecule has 6 nitrogen and oxygen atoms in total. The summed E-state index contributed by atoms with van der Waals surface area (Å²) in [6, 6.07) is 7.66. The largest absolute Gasteiger partial charge is 0.493 e. The molecule has 0 heterocycles. The van der Waals surface area contributed by atoms with Gasteiger partial charge in [0.15, 0.2) is 23.9 Å². The van der Waals surface area contributed by atoms with Gasteiger partial charge in [-0.25, -0.2) is 4.79 Å². The molecule has 0 aromatic heterocycles. The number of carbonyl (C=O) groups excluding carboxylic acids is 1. The SMILES string of the molecule is COc1cc(C(=O)/C=C/c2cc(C)c(OC(F)F)c(C)c2)ccc1OCC(=O)O. The first kappa shape index (κ1) is 21.9. The zero-order valence-electron chi connectivity index (χ0n) is 16.1. The van der Waals surface area contributed by atoms with Crippen molar-refractivity contribution < 1.29 is 37.7 Å². The summed E-state index contributed by atoms with van der Waals surface area (Å²) in [7, 11) is 1.38. The Labute approximate surface area is 166 Å². The number of carboxylic acids is 1. The van der Waals surface area contributed by atoms with Crippen LogP contribution in [0.15, 0.2) is 36.4 Å². The predicted molar refractivity (Wildman–Crippen MR) is 102 cm³/mol. The van der Waals surface area contributed by atoms with Crippen LogP contribution >= 0.6 is 0 Å². The molecule has 0 saturated heterocycles. The number of hydrogen-bond donors (Lipinski definition) is 1. The highest BCUT2D eigenvalue weighted by Gasteiger charge is 2.13. The van der Waals surface area contributed by atoms with Crippen molar-refractivity contribution in [1.29, 1.82) is 0 Å². The minimum atomic E-state index is -2.91. The molecule has 0 amide bonds. The van der Waals surface area contributed by atoms with E-state index < -0.39 is 19.2 Å². The third-order valence-corrected chi connectivity index (χ3v) is 3.92. The van der Waals surface area contributed by atoms with Gasteiger partial charge in [0.1, 0.15) is 5.75 Å². The van der Waals surface area contributed by atoms with Crippen LogP contribution in [0.1, 0.15) is 27.0 Å². The molecule has 0 atom stereocenters. The maximum absolute atomic E-state index is 12.5. The summed E-state index contributed by atoms with van der Waals surface area (Å²) >= 11 is 0. The number of halogens is 2. The lowest BCUT2D eigenvalue weighted by molar-refractivity contribution is -0.139. The fourth-order valence-electron chi connectivity index (χ4n) is 2.70. The van der Waals surface area contributed by atoms with Gasteiger partial charge in [-0.2, -0.15) is 8.78 Å². The molecule has 0 radical (unpaired) electrons. The molecule has 29 heavy (non-hydrogen) atoms. The number of carboxylic acid groups (broad SMARTS) is 1. The molecular weight excluding hydrogens is 386 g/mol. The van der Waals surface area contributed by atoms with Crippen LogP contribution in [0.2, 0.25) is 0 Å². The molecular formula is C21H20F2O6. The molecule has 2 aromatic carbocycles. The quantitative estimate of drug-likeness (QED) is 0.495. The molecule has 0 spiro atoms. The molecule has 2 aromatic rings. The average molecular weight is 406 g/mol. The Hall–Kier alpha value is -3.42. The van der Waals surface area contributed by atoms with E-state index in [0.29, 0.717) is 22.3 Å². The summed E-state index contributed by atoms with van der Waals surface area (Å²) in [6.45, 7) is -0.157. The highest BCUT2D eigenvalue weighted by molar-refractivity contribution is 6.07. The summed E-state index contributed by atoms with van der Waals surface area (Å²) in [5, 5.41) is 8.68. The van der Waals surface area contributed by atoms with E-state index in [1.54, 1.807) is 32.1 Å². The molecule has 0 bridgehead atoms. The Bertz CT molecular complexity index is 914.